The van der Waals surface area contributed by atoms with Crippen LogP contribution < -0.4 is 15.5 Å². The molecule has 3 N–H and O–H groups in total. The van der Waals surface area contributed by atoms with Gasteiger partial charge in [0.25, 0.3) is 5.91 Å². The maximum absolute atomic E-state index is 13.6. The van der Waals surface area contributed by atoms with Crippen molar-refractivity contribution < 1.29 is 27.9 Å². The van der Waals surface area contributed by atoms with Gasteiger partial charge in [-0.1, -0.05) is 24.3 Å². The summed E-state index contributed by atoms with van der Waals surface area (Å²) in [6, 6.07) is 15.9. The Balaban J connectivity index is 1.45. The van der Waals surface area contributed by atoms with Crippen molar-refractivity contribution in [3.05, 3.63) is 77.9 Å². The fraction of sp³-hybridized carbons (Fsp3) is 0.192. The first-order valence-corrected chi connectivity index (χ1v) is 12.8. The molecule has 0 aromatic heterocycles. The molecular formula is C26H23N3O6S. The van der Waals surface area contributed by atoms with E-state index in [0.717, 1.165) is 5.56 Å². The predicted octanol–water partition coefficient (Wildman–Crippen LogP) is 2.86. The molecule has 2 atom stereocenters. The number of hydrogen-bond acceptors (Lipinski definition) is 6. The minimum Gasteiger partial charge on any atom is -0.480 e. The van der Waals surface area contributed by atoms with E-state index in [-0.39, 0.29) is 28.5 Å². The van der Waals surface area contributed by atoms with Gasteiger partial charge < -0.3 is 15.7 Å². The van der Waals surface area contributed by atoms with Gasteiger partial charge in [-0.15, -0.1) is 0 Å². The van der Waals surface area contributed by atoms with Gasteiger partial charge >= 0.3 is 5.97 Å². The Morgan fingerprint density at radius 2 is 1.69 bits per heavy atom. The third-order valence-corrected chi connectivity index (χ3v) is 8.30. The normalized spacial score (nSPS) is 18.2. The van der Waals surface area contributed by atoms with Crippen LogP contribution in [0.2, 0.25) is 0 Å². The highest BCUT2D eigenvalue weighted by Gasteiger charge is 2.43. The topological polar surface area (TPSA) is 133 Å². The van der Waals surface area contributed by atoms with Crippen LogP contribution in [0.15, 0.2) is 76.5 Å². The standard InChI is InChI=1S/C26H23N3O6S/c1-15(30)27-17-9-11-18(12-10-17)36(34,35)24-8-4-6-20-19(24)14-21(28-20)25(31)29-22-7-3-2-5-16(22)13-23(29)26(32)33/h2-12,21,23,28H,13-14H2,1H3,(H,27,30)(H,32,33). The molecule has 0 saturated heterocycles. The highest BCUT2D eigenvalue weighted by molar-refractivity contribution is 7.91. The van der Waals surface area contributed by atoms with Gasteiger partial charge in [-0.3, -0.25) is 14.5 Å². The number of amides is 2. The highest BCUT2D eigenvalue weighted by atomic mass is 32.2. The number of nitrogens with one attached hydrogen (secondary N) is 2. The second-order valence-electron chi connectivity index (χ2n) is 8.79. The zero-order valence-corrected chi connectivity index (χ0v) is 20.1. The summed E-state index contributed by atoms with van der Waals surface area (Å²) in [6.07, 6.45) is 0.309. The first kappa shape index (κ1) is 23.6. The van der Waals surface area contributed by atoms with Crippen LogP contribution in [0, 0.1) is 0 Å². The Morgan fingerprint density at radius 3 is 2.39 bits per heavy atom. The van der Waals surface area contributed by atoms with E-state index >= 15 is 0 Å². The van der Waals surface area contributed by atoms with Crippen LogP contribution in [-0.4, -0.2) is 43.4 Å². The summed E-state index contributed by atoms with van der Waals surface area (Å²) in [4.78, 5) is 38.2. The summed E-state index contributed by atoms with van der Waals surface area (Å²) < 4.78 is 27.0. The predicted molar refractivity (Wildman–Crippen MR) is 133 cm³/mol. The second-order valence-corrected chi connectivity index (χ2v) is 10.7. The van der Waals surface area contributed by atoms with Crippen molar-refractivity contribution in [3.63, 3.8) is 0 Å². The van der Waals surface area contributed by atoms with Crippen molar-refractivity contribution >= 4 is 44.7 Å². The van der Waals surface area contributed by atoms with Gasteiger partial charge in [0.2, 0.25) is 15.7 Å². The number of nitrogens with zero attached hydrogens (tertiary/aromatic N) is 1. The number of hydrogen-bond donors (Lipinski definition) is 3. The molecule has 2 aliphatic rings. The van der Waals surface area contributed by atoms with Crippen LogP contribution in [0.5, 0.6) is 0 Å². The summed E-state index contributed by atoms with van der Waals surface area (Å²) in [5.74, 6) is -1.79. The van der Waals surface area contributed by atoms with E-state index in [0.29, 0.717) is 22.6 Å². The molecule has 10 heteroatoms. The third-order valence-electron chi connectivity index (χ3n) is 6.44. The largest absolute Gasteiger partial charge is 0.480 e. The van der Waals surface area contributed by atoms with Crippen molar-refractivity contribution in [2.75, 3.05) is 15.5 Å². The molecule has 2 aliphatic heterocycles. The smallest absolute Gasteiger partial charge is 0.327 e. The summed E-state index contributed by atoms with van der Waals surface area (Å²) >= 11 is 0. The fourth-order valence-electron chi connectivity index (χ4n) is 4.83. The lowest BCUT2D eigenvalue weighted by molar-refractivity contribution is -0.140. The Hall–Kier alpha value is -4.18. The molecule has 36 heavy (non-hydrogen) atoms. The number of sulfone groups is 1. The van der Waals surface area contributed by atoms with Crippen molar-refractivity contribution in [2.24, 2.45) is 0 Å². The molecule has 2 unspecified atom stereocenters. The molecule has 0 saturated carbocycles. The number of carbonyl (C=O) groups excluding carboxylic acids is 2. The lowest BCUT2D eigenvalue weighted by Crippen LogP contribution is -2.49. The summed E-state index contributed by atoms with van der Waals surface area (Å²) in [6.45, 7) is 1.36. The van der Waals surface area contributed by atoms with Gasteiger partial charge in [-0.05, 0) is 53.6 Å². The fourth-order valence-corrected chi connectivity index (χ4v) is 6.35. The summed E-state index contributed by atoms with van der Waals surface area (Å²) in [5, 5.41) is 15.4. The van der Waals surface area contributed by atoms with E-state index in [2.05, 4.69) is 10.6 Å². The molecule has 2 amide bonds. The van der Waals surface area contributed by atoms with Crippen molar-refractivity contribution in [1.29, 1.82) is 0 Å². The van der Waals surface area contributed by atoms with Crippen LogP contribution in [0.3, 0.4) is 0 Å². The number of carboxylic acid groups (broad SMARTS) is 1. The highest BCUT2D eigenvalue weighted by Crippen LogP contribution is 2.38. The second kappa shape index (κ2) is 8.80. The lowest BCUT2D eigenvalue weighted by Gasteiger charge is -2.26. The maximum atomic E-state index is 13.6. The van der Waals surface area contributed by atoms with Crippen LogP contribution in [0.1, 0.15) is 18.1 Å². The van der Waals surface area contributed by atoms with E-state index in [9.17, 15) is 27.9 Å². The zero-order chi connectivity index (χ0) is 25.6. The summed E-state index contributed by atoms with van der Waals surface area (Å²) in [5.41, 5.74) is 2.80. The van der Waals surface area contributed by atoms with Gasteiger partial charge in [0, 0.05) is 36.8 Å². The first-order valence-electron chi connectivity index (χ1n) is 11.3. The Bertz CT molecular complexity index is 1500. The van der Waals surface area contributed by atoms with Crippen LogP contribution in [0.4, 0.5) is 17.1 Å². The molecule has 184 valence electrons. The van der Waals surface area contributed by atoms with Crippen LogP contribution >= 0.6 is 0 Å². The number of para-hydroxylation sites is 1. The number of carboxylic acids is 1. The molecule has 3 aromatic carbocycles. The quantitative estimate of drug-likeness (QED) is 0.486. The monoisotopic (exact) mass is 505 g/mol. The van der Waals surface area contributed by atoms with Gasteiger partial charge in [0.05, 0.1) is 9.79 Å². The number of benzene rings is 3. The minimum absolute atomic E-state index is 0.0548. The van der Waals surface area contributed by atoms with E-state index in [4.69, 9.17) is 0 Å². The molecule has 0 spiro atoms. The van der Waals surface area contributed by atoms with Gasteiger partial charge in [0.1, 0.15) is 12.1 Å². The van der Waals surface area contributed by atoms with E-state index in [1.165, 1.54) is 42.2 Å². The summed E-state index contributed by atoms with van der Waals surface area (Å²) in [7, 11) is -3.92. The number of fused-ring (bicyclic) bond motifs is 2. The molecule has 0 radical (unpaired) electrons. The minimum atomic E-state index is -3.92. The average Bonchev–Trinajstić information content (AvgIpc) is 3.45. The molecule has 0 bridgehead atoms. The van der Waals surface area contributed by atoms with Crippen molar-refractivity contribution in [3.8, 4) is 0 Å². The molecule has 5 rings (SSSR count). The molecule has 3 aromatic rings. The Kier molecular flexibility index (Phi) is 5.76. The van der Waals surface area contributed by atoms with Crippen LogP contribution in [0.25, 0.3) is 0 Å². The zero-order valence-electron chi connectivity index (χ0n) is 19.3. The van der Waals surface area contributed by atoms with Crippen molar-refractivity contribution in [2.45, 2.75) is 41.6 Å². The number of aliphatic carboxylic acids is 1. The Morgan fingerprint density at radius 1 is 0.972 bits per heavy atom. The molecule has 2 heterocycles. The molecule has 0 aliphatic carbocycles. The van der Waals surface area contributed by atoms with Crippen molar-refractivity contribution in [1.82, 2.24) is 0 Å². The Labute approximate surface area is 207 Å². The molecule has 0 fully saturated rings. The maximum Gasteiger partial charge on any atom is 0.327 e. The lowest BCUT2D eigenvalue weighted by atomic mass is 10.1. The van der Waals surface area contributed by atoms with E-state index in [1.54, 1.807) is 36.4 Å². The molecular weight excluding hydrogens is 482 g/mol. The van der Waals surface area contributed by atoms with Gasteiger partial charge in [-0.25, -0.2) is 13.2 Å². The SMILES string of the molecule is CC(=O)Nc1ccc(S(=O)(=O)c2cccc3c2CC(C(=O)N2c4ccccc4CC2C(=O)O)N3)cc1. The average molecular weight is 506 g/mol. The number of carbonyl (C=O) groups is 3. The van der Waals surface area contributed by atoms with Gasteiger partial charge in [-0.2, -0.15) is 0 Å². The van der Waals surface area contributed by atoms with Crippen LogP contribution in [-0.2, 0) is 37.1 Å². The van der Waals surface area contributed by atoms with Gasteiger partial charge in [0.15, 0.2) is 0 Å². The molecule has 9 nitrogen and oxygen atoms in total. The third kappa shape index (κ3) is 3.99. The van der Waals surface area contributed by atoms with E-state index < -0.39 is 33.8 Å². The first-order chi connectivity index (χ1) is 17.2. The van der Waals surface area contributed by atoms with E-state index in [1.807, 2.05) is 0 Å². The number of anilines is 3. The number of rotatable bonds is 5.